The topological polar surface area (TPSA) is 0 Å². The van der Waals surface area contributed by atoms with E-state index in [1.807, 2.05) is 11.3 Å². The third kappa shape index (κ3) is 3.08. The van der Waals surface area contributed by atoms with E-state index in [9.17, 15) is 0 Å². The van der Waals surface area contributed by atoms with Gasteiger partial charge in [0.2, 0.25) is 0 Å². The molecule has 0 saturated carbocycles. The van der Waals surface area contributed by atoms with Gasteiger partial charge in [-0.3, -0.25) is 0 Å². The summed E-state index contributed by atoms with van der Waals surface area (Å²) in [7, 11) is 0. The molecule has 1 aromatic heterocycles. The van der Waals surface area contributed by atoms with Gasteiger partial charge in [0.25, 0.3) is 0 Å². The first-order chi connectivity index (χ1) is 14.2. The molecule has 0 amide bonds. The second-order valence-corrected chi connectivity index (χ2v) is 8.52. The summed E-state index contributed by atoms with van der Waals surface area (Å²) in [5.41, 5.74) is 2.80. The molecule has 0 spiro atoms. The van der Waals surface area contributed by atoms with Crippen LogP contribution in [0.15, 0.2) is 97.1 Å². The maximum Gasteiger partial charge on any atom is 0.0355 e. The summed E-state index contributed by atoms with van der Waals surface area (Å²) in [6, 6.07) is 34.4. The van der Waals surface area contributed by atoms with Crippen LogP contribution in [-0.2, 0) is 0 Å². The molecule has 0 nitrogen and oxygen atoms in total. The van der Waals surface area contributed by atoms with E-state index >= 15 is 0 Å². The van der Waals surface area contributed by atoms with E-state index in [-0.39, 0.29) is 0 Å². The van der Waals surface area contributed by atoms with Crippen LogP contribution in [0.3, 0.4) is 0 Å². The average molecular weight is 391 g/mol. The van der Waals surface area contributed by atoms with Gasteiger partial charge in [0.15, 0.2) is 0 Å². The fourth-order valence-corrected chi connectivity index (χ4v) is 5.27. The molecule has 6 rings (SSSR count). The number of hydrogen-bond acceptors (Lipinski definition) is 1. The van der Waals surface area contributed by atoms with Gasteiger partial charge in [0, 0.05) is 20.2 Å². The summed E-state index contributed by atoms with van der Waals surface area (Å²) < 4.78 is 2.76. The fourth-order valence-electron chi connectivity index (χ4n) is 4.17. The standard InChI is InChI=1S/C16H14.C12H8S/c1-11-12(2)14-8-4-6-10-16(14)15-9-5-3-7-13(11)15;1-3-7-11-9(5-1)10-6-2-4-8-12(10)13-11/h3-10H,1-2H3;1-8H. The molecule has 1 heterocycles. The van der Waals surface area contributed by atoms with Crippen molar-refractivity contribution in [3.63, 3.8) is 0 Å². The van der Waals surface area contributed by atoms with E-state index in [1.165, 1.54) is 52.8 Å². The third-order valence-electron chi connectivity index (χ3n) is 5.80. The summed E-state index contributed by atoms with van der Waals surface area (Å²) in [4.78, 5) is 0. The first-order valence-corrected chi connectivity index (χ1v) is 10.8. The van der Waals surface area contributed by atoms with Gasteiger partial charge < -0.3 is 0 Å². The Hall–Kier alpha value is -3.16. The lowest BCUT2D eigenvalue weighted by Crippen LogP contribution is -1.87. The van der Waals surface area contributed by atoms with Gasteiger partial charge in [0.1, 0.15) is 0 Å². The van der Waals surface area contributed by atoms with E-state index in [2.05, 4.69) is 111 Å². The summed E-state index contributed by atoms with van der Waals surface area (Å²) in [5.74, 6) is 0. The molecular formula is C28H22S. The van der Waals surface area contributed by atoms with E-state index in [0.29, 0.717) is 0 Å². The van der Waals surface area contributed by atoms with E-state index in [0.717, 1.165) is 0 Å². The minimum absolute atomic E-state index is 1.36. The Morgan fingerprint density at radius 3 is 1.10 bits per heavy atom. The second kappa shape index (κ2) is 7.35. The molecule has 140 valence electrons. The quantitative estimate of drug-likeness (QED) is 0.228. The predicted octanol–water partition coefficient (Wildman–Crippen LogP) is 8.66. The Kier molecular flexibility index (Phi) is 4.54. The maximum absolute atomic E-state index is 2.21. The SMILES string of the molecule is Cc1c(C)c2ccccc2c2ccccc12.c1ccc2c(c1)sc1ccccc12. The first kappa shape index (κ1) is 17.9. The summed E-state index contributed by atoms with van der Waals surface area (Å²) in [6.07, 6.45) is 0. The van der Waals surface area contributed by atoms with Crippen LogP contribution in [0, 0.1) is 13.8 Å². The summed E-state index contributed by atoms with van der Waals surface area (Å²) >= 11 is 1.86. The zero-order chi connectivity index (χ0) is 19.8. The van der Waals surface area contributed by atoms with Crippen molar-refractivity contribution in [2.24, 2.45) is 0 Å². The predicted molar refractivity (Wildman–Crippen MR) is 130 cm³/mol. The highest BCUT2D eigenvalue weighted by Gasteiger charge is 2.06. The maximum atomic E-state index is 2.21. The first-order valence-electron chi connectivity index (χ1n) is 9.97. The van der Waals surface area contributed by atoms with Gasteiger partial charge in [-0.15, -0.1) is 11.3 Å². The van der Waals surface area contributed by atoms with E-state index < -0.39 is 0 Å². The van der Waals surface area contributed by atoms with Gasteiger partial charge in [-0.25, -0.2) is 0 Å². The van der Waals surface area contributed by atoms with Crippen molar-refractivity contribution in [3.05, 3.63) is 108 Å². The number of aryl methyl sites for hydroxylation is 2. The Bertz CT molecular complexity index is 1360. The molecule has 29 heavy (non-hydrogen) atoms. The largest absolute Gasteiger partial charge is 0.135 e. The monoisotopic (exact) mass is 390 g/mol. The minimum atomic E-state index is 1.36. The van der Waals surface area contributed by atoms with Crippen molar-refractivity contribution >= 4 is 53.1 Å². The number of benzene rings is 5. The van der Waals surface area contributed by atoms with Crippen LogP contribution in [-0.4, -0.2) is 0 Å². The lowest BCUT2D eigenvalue weighted by Gasteiger charge is -2.11. The van der Waals surface area contributed by atoms with Crippen molar-refractivity contribution in [1.29, 1.82) is 0 Å². The van der Waals surface area contributed by atoms with Crippen LogP contribution in [0.5, 0.6) is 0 Å². The lowest BCUT2D eigenvalue weighted by atomic mass is 9.93. The second-order valence-electron chi connectivity index (χ2n) is 7.44. The van der Waals surface area contributed by atoms with E-state index in [1.54, 1.807) is 0 Å². The van der Waals surface area contributed by atoms with Gasteiger partial charge in [-0.1, -0.05) is 84.9 Å². The molecule has 0 bridgehead atoms. The molecule has 0 radical (unpaired) electrons. The van der Waals surface area contributed by atoms with Gasteiger partial charge in [-0.05, 0) is 58.7 Å². The highest BCUT2D eigenvalue weighted by atomic mass is 32.1. The molecule has 0 unspecified atom stereocenters. The van der Waals surface area contributed by atoms with Crippen LogP contribution in [0.4, 0.5) is 0 Å². The molecule has 0 N–H and O–H groups in total. The molecule has 5 aromatic carbocycles. The Labute approximate surface area is 175 Å². The molecule has 1 heteroatoms. The zero-order valence-corrected chi connectivity index (χ0v) is 17.5. The van der Waals surface area contributed by atoms with Crippen molar-refractivity contribution < 1.29 is 0 Å². The number of thiophene rings is 1. The molecule has 6 aromatic rings. The lowest BCUT2D eigenvalue weighted by molar-refractivity contribution is 1.41. The van der Waals surface area contributed by atoms with Crippen molar-refractivity contribution in [3.8, 4) is 0 Å². The van der Waals surface area contributed by atoms with Crippen LogP contribution < -0.4 is 0 Å². The normalized spacial score (nSPS) is 11.1. The van der Waals surface area contributed by atoms with Gasteiger partial charge >= 0.3 is 0 Å². The molecule has 0 fully saturated rings. The Morgan fingerprint density at radius 2 is 0.690 bits per heavy atom. The van der Waals surface area contributed by atoms with Crippen molar-refractivity contribution in [1.82, 2.24) is 0 Å². The summed E-state index contributed by atoms with van der Waals surface area (Å²) in [6.45, 7) is 4.42. The van der Waals surface area contributed by atoms with E-state index in [4.69, 9.17) is 0 Å². The smallest absolute Gasteiger partial charge is 0.0355 e. The van der Waals surface area contributed by atoms with Crippen LogP contribution in [0.1, 0.15) is 11.1 Å². The third-order valence-corrected chi connectivity index (χ3v) is 6.95. The highest BCUT2D eigenvalue weighted by Crippen LogP contribution is 2.33. The van der Waals surface area contributed by atoms with Crippen LogP contribution in [0.2, 0.25) is 0 Å². The van der Waals surface area contributed by atoms with Crippen molar-refractivity contribution in [2.75, 3.05) is 0 Å². The minimum Gasteiger partial charge on any atom is -0.135 e. The molecule has 0 saturated heterocycles. The molecule has 0 aliphatic carbocycles. The fraction of sp³-hybridized carbons (Fsp3) is 0.0714. The molecule has 0 aliphatic rings. The number of hydrogen-bond donors (Lipinski definition) is 0. The molecule has 0 atom stereocenters. The molecule has 0 aliphatic heterocycles. The van der Waals surface area contributed by atoms with Crippen LogP contribution >= 0.6 is 11.3 Å². The van der Waals surface area contributed by atoms with Crippen molar-refractivity contribution in [2.45, 2.75) is 13.8 Å². The Morgan fingerprint density at radius 1 is 0.379 bits per heavy atom. The summed E-state index contributed by atoms with van der Waals surface area (Å²) in [5, 5.41) is 8.23. The molecular weight excluding hydrogens is 368 g/mol. The van der Waals surface area contributed by atoms with Gasteiger partial charge in [-0.2, -0.15) is 0 Å². The van der Waals surface area contributed by atoms with Crippen LogP contribution in [0.25, 0.3) is 41.7 Å². The number of rotatable bonds is 0. The Balaban J connectivity index is 0.000000128. The van der Waals surface area contributed by atoms with Gasteiger partial charge in [0.05, 0.1) is 0 Å². The zero-order valence-electron chi connectivity index (χ0n) is 16.6. The average Bonchev–Trinajstić information content (AvgIpc) is 3.17. The highest BCUT2D eigenvalue weighted by molar-refractivity contribution is 7.25. The number of fused-ring (bicyclic) bond motifs is 6.